The third-order valence-corrected chi connectivity index (χ3v) is 4.29. The molecule has 3 aromatic rings. The molecule has 0 spiro atoms. The fourth-order valence-corrected chi connectivity index (χ4v) is 3.15. The summed E-state index contributed by atoms with van der Waals surface area (Å²) in [7, 11) is 0. The maximum Gasteiger partial charge on any atom is 0.337 e. The minimum Gasteiger partial charge on any atom is -0.478 e. The SMILES string of the molecule is Cc1cc(-c2cc(Cl)cc(Cl)c2)ccc1Nc1ccccc1C(=O)O. The lowest BCUT2D eigenvalue weighted by Crippen LogP contribution is -2.03. The number of halogens is 2. The second-order valence-electron chi connectivity index (χ2n) is 5.66. The number of benzene rings is 3. The van der Waals surface area contributed by atoms with Gasteiger partial charge in [0.2, 0.25) is 0 Å². The Bertz CT molecular complexity index is 934. The van der Waals surface area contributed by atoms with Gasteiger partial charge in [0.1, 0.15) is 0 Å². The number of nitrogens with one attached hydrogen (secondary N) is 1. The van der Waals surface area contributed by atoms with Crippen LogP contribution in [-0.4, -0.2) is 11.1 Å². The fraction of sp³-hybridized carbons (Fsp3) is 0.0500. The van der Waals surface area contributed by atoms with E-state index in [0.717, 1.165) is 22.4 Å². The molecule has 3 aromatic carbocycles. The first kappa shape index (κ1) is 17.3. The lowest BCUT2D eigenvalue weighted by atomic mass is 10.0. The van der Waals surface area contributed by atoms with Crippen LogP contribution in [0.15, 0.2) is 60.7 Å². The smallest absolute Gasteiger partial charge is 0.337 e. The van der Waals surface area contributed by atoms with E-state index in [1.807, 2.05) is 37.3 Å². The number of aryl methyl sites for hydroxylation is 1. The zero-order valence-electron chi connectivity index (χ0n) is 13.4. The number of hydrogen-bond donors (Lipinski definition) is 2. The summed E-state index contributed by atoms with van der Waals surface area (Å²) < 4.78 is 0. The van der Waals surface area contributed by atoms with E-state index in [1.165, 1.54) is 0 Å². The summed E-state index contributed by atoms with van der Waals surface area (Å²) in [4.78, 5) is 11.3. The molecule has 0 heterocycles. The van der Waals surface area contributed by atoms with Gasteiger partial charge in [0.15, 0.2) is 0 Å². The highest BCUT2D eigenvalue weighted by Crippen LogP contribution is 2.31. The third-order valence-electron chi connectivity index (χ3n) is 3.85. The van der Waals surface area contributed by atoms with Gasteiger partial charge in [-0.25, -0.2) is 4.79 Å². The second kappa shape index (κ2) is 7.18. The Balaban J connectivity index is 1.94. The lowest BCUT2D eigenvalue weighted by molar-refractivity contribution is 0.0698. The Morgan fingerprint density at radius 2 is 1.56 bits per heavy atom. The topological polar surface area (TPSA) is 49.3 Å². The minimum atomic E-state index is -0.967. The average molecular weight is 372 g/mol. The van der Waals surface area contributed by atoms with E-state index in [4.69, 9.17) is 23.2 Å². The number of hydrogen-bond acceptors (Lipinski definition) is 2. The summed E-state index contributed by atoms with van der Waals surface area (Å²) in [5.41, 5.74) is 4.51. The van der Waals surface area contributed by atoms with E-state index in [0.29, 0.717) is 15.7 Å². The molecule has 0 aliphatic carbocycles. The highest BCUT2D eigenvalue weighted by molar-refractivity contribution is 6.35. The molecule has 2 N–H and O–H groups in total. The van der Waals surface area contributed by atoms with Gasteiger partial charge in [-0.2, -0.15) is 0 Å². The van der Waals surface area contributed by atoms with E-state index >= 15 is 0 Å². The van der Waals surface area contributed by atoms with Gasteiger partial charge in [-0.1, -0.05) is 41.4 Å². The van der Waals surface area contributed by atoms with Gasteiger partial charge in [0.05, 0.1) is 11.3 Å². The van der Waals surface area contributed by atoms with Crippen LogP contribution in [0.25, 0.3) is 11.1 Å². The van der Waals surface area contributed by atoms with Crippen molar-refractivity contribution in [2.24, 2.45) is 0 Å². The van der Waals surface area contributed by atoms with Crippen molar-refractivity contribution in [3.05, 3.63) is 81.8 Å². The van der Waals surface area contributed by atoms with Gasteiger partial charge < -0.3 is 10.4 Å². The van der Waals surface area contributed by atoms with E-state index in [2.05, 4.69) is 5.32 Å². The van der Waals surface area contributed by atoms with Crippen LogP contribution < -0.4 is 5.32 Å². The molecule has 126 valence electrons. The molecule has 25 heavy (non-hydrogen) atoms. The lowest BCUT2D eigenvalue weighted by Gasteiger charge is -2.13. The maximum atomic E-state index is 11.3. The van der Waals surface area contributed by atoms with Crippen LogP contribution in [0.3, 0.4) is 0 Å². The van der Waals surface area contributed by atoms with Crippen molar-refractivity contribution in [2.45, 2.75) is 6.92 Å². The molecule has 0 atom stereocenters. The molecule has 3 nitrogen and oxygen atoms in total. The van der Waals surface area contributed by atoms with Crippen LogP contribution in [0.2, 0.25) is 10.0 Å². The number of rotatable bonds is 4. The number of aromatic carboxylic acids is 1. The molecule has 0 bridgehead atoms. The molecule has 3 rings (SSSR count). The first-order valence-electron chi connectivity index (χ1n) is 7.60. The number of anilines is 2. The molecular weight excluding hydrogens is 357 g/mol. The van der Waals surface area contributed by atoms with Crippen LogP contribution in [0.4, 0.5) is 11.4 Å². The third kappa shape index (κ3) is 3.95. The molecule has 0 saturated heterocycles. The van der Waals surface area contributed by atoms with Crippen molar-refractivity contribution in [3.63, 3.8) is 0 Å². The van der Waals surface area contributed by atoms with Crippen molar-refractivity contribution < 1.29 is 9.90 Å². The molecule has 0 aromatic heterocycles. The fourth-order valence-electron chi connectivity index (χ4n) is 2.63. The summed E-state index contributed by atoms with van der Waals surface area (Å²) >= 11 is 12.1. The van der Waals surface area contributed by atoms with Crippen molar-refractivity contribution in [1.29, 1.82) is 0 Å². The molecular formula is C20H15Cl2NO2. The average Bonchev–Trinajstić information content (AvgIpc) is 2.56. The largest absolute Gasteiger partial charge is 0.478 e. The first-order valence-corrected chi connectivity index (χ1v) is 8.36. The van der Waals surface area contributed by atoms with Crippen molar-refractivity contribution in [1.82, 2.24) is 0 Å². The maximum absolute atomic E-state index is 11.3. The monoisotopic (exact) mass is 371 g/mol. The Morgan fingerprint density at radius 1 is 0.880 bits per heavy atom. The van der Waals surface area contributed by atoms with Crippen LogP contribution >= 0.6 is 23.2 Å². The Kier molecular flexibility index (Phi) is 4.98. The number of para-hydroxylation sites is 1. The van der Waals surface area contributed by atoms with E-state index in [1.54, 1.807) is 30.3 Å². The number of carbonyl (C=O) groups is 1. The highest BCUT2D eigenvalue weighted by Gasteiger charge is 2.10. The normalized spacial score (nSPS) is 10.5. The number of carboxylic acid groups (broad SMARTS) is 1. The van der Waals surface area contributed by atoms with Crippen molar-refractivity contribution >= 4 is 40.5 Å². The molecule has 0 amide bonds. The molecule has 0 saturated carbocycles. The van der Waals surface area contributed by atoms with Gasteiger partial charge in [0.25, 0.3) is 0 Å². The summed E-state index contributed by atoms with van der Waals surface area (Å²) in [6, 6.07) is 18.1. The number of carboxylic acids is 1. The van der Waals surface area contributed by atoms with Crippen LogP contribution in [0.5, 0.6) is 0 Å². The quantitative estimate of drug-likeness (QED) is 0.556. The van der Waals surface area contributed by atoms with Crippen LogP contribution in [0.1, 0.15) is 15.9 Å². The molecule has 5 heteroatoms. The zero-order valence-corrected chi connectivity index (χ0v) is 14.9. The zero-order chi connectivity index (χ0) is 18.0. The molecule has 0 unspecified atom stereocenters. The highest BCUT2D eigenvalue weighted by atomic mass is 35.5. The van der Waals surface area contributed by atoms with Gasteiger partial charge >= 0.3 is 5.97 Å². The molecule has 0 aliphatic heterocycles. The Morgan fingerprint density at radius 3 is 2.20 bits per heavy atom. The van der Waals surface area contributed by atoms with E-state index < -0.39 is 5.97 Å². The Labute approximate surface area is 155 Å². The molecule has 0 aliphatic rings. The summed E-state index contributed by atoms with van der Waals surface area (Å²) in [6.07, 6.45) is 0. The Hall–Kier alpha value is -2.49. The minimum absolute atomic E-state index is 0.229. The van der Waals surface area contributed by atoms with Gasteiger partial charge in [-0.05, 0) is 66.1 Å². The summed E-state index contributed by atoms with van der Waals surface area (Å²) in [5, 5.41) is 13.6. The van der Waals surface area contributed by atoms with Crippen LogP contribution in [-0.2, 0) is 0 Å². The van der Waals surface area contributed by atoms with Crippen LogP contribution in [0, 0.1) is 6.92 Å². The standard InChI is InChI=1S/C20H15Cl2NO2/c1-12-8-13(14-9-15(21)11-16(22)10-14)6-7-18(12)23-19-5-3-2-4-17(19)20(24)25/h2-11,23H,1H3,(H,24,25). The van der Waals surface area contributed by atoms with E-state index in [-0.39, 0.29) is 5.56 Å². The molecule has 0 radical (unpaired) electrons. The van der Waals surface area contributed by atoms with E-state index in [9.17, 15) is 9.90 Å². The first-order chi connectivity index (χ1) is 11.9. The van der Waals surface area contributed by atoms with Crippen molar-refractivity contribution in [2.75, 3.05) is 5.32 Å². The van der Waals surface area contributed by atoms with Crippen molar-refractivity contribution in [3.8, 4) is 11.1 Å². The second-order valence-corrected chi connectivity index (χ2v) is 6.54. The van der Waals surface area contributed by atoms with Gasteiger partial charge in [-0.3, -0.25) is 0 Å². The predicted octanol–water partition coefficient (Wildman–Crippen LogP) is 6.41. The predicted molar refractivity (Wildman–Crippen MR) is 103 cm³/mol. The van der Waals surface area contributed by atoms with Gasteiger partial charge in [-0.15, -0.1) is 0 Å². The molecule has 0 fully saturated rings. The van der Waals surface area contributed by atoms with Gasteiger partial charge in [0, 0.05) is 15.7 Å². The summed E-state index contributed by atoms with van der Waals surface area (Å²) in [5.74, 6) is -0.967. The summed E-state index contributed by atoms with van der Waals surface area (Å²) in [6.45, 7) is 1.96.